The van der Waals surface area contributed by atoms with Crippen LogP contribution in [0.15, 0.2) is 36.2 Å². The highest BCUT2D eigenvalue weighted by molar-refractivity contribution is 6.05. The lowest BCUT2D eigenvalue weighted by Crippen LogP contribution is -2.44. The number of carbonyl (C=O) groups excluding carboxylic acids is 2. The molecule has 0 N–H and O–H groups in total. The van der Waals surface area contributed by atoms with Crippen LogP contribution in [0.5, 0.6) is 0 Å². The topological polar surface area (TPSA) is 64.4 Å². The van der Waals surface area contributed by atoms with Gasteiger partial charge in [-0.1, -0.05) is 12.1 Å². The third kappa shape index (κ3) is 4.46. The Morgan fingerprint density at radius 2 is 1.94 bits per heavy atom. The average molecular weight is 460 g/mol. The molecule has 2 aromatic rings. The molecule has 6 heteroatoms. The van der Waals surface area contributed by atoms with Gasteiger partial charge in [0.05, 0.1) is 17.1 Å². The number of ether oxygens (including phenoxy) is 1. The smallest absolute Gasteiger partial charge is 0.417 e. The largest absolute Gasteiger partial charge is 0.443 e. The molecule has 0 saturated carbocycles. The minimum absolute atomic E-state index is 0.274. The number of aryl methyl sites for hydroxylation is 1. The molecule has 6 nitrogen and oxygen atoms in total. The molecule has 2 amide bonds. The molecule has 178 valence electrons. The Labute approximate surface area is 201 Å². The predicted octanol–water partition coefficient (Wildman–Crippen LogP) is 5.87. The lowest BCUT2D eigenvalue weighted by Gasteiger charge is -2.29. The second-order valence-corrected chi connectivity index (χ2v) is 10.5. The zero-order valence-electron chi connectivity index (χ0n) is 20.4. The minimum atomic E-state index is -0.636. The fourth-order valence-electron chi connectivity index (χ4n) is 5.14. The van der Waals surface area contributed by atoms with Crippen LogP contribution in [0.1, 0.15) is 81.8 Å². The highest BCUT2D eigenvalue weighted by atomic mass is 16.6. The van der Waals surface area contributed by atoms with E-state index in [4.69, 9.17) is 4.74 Å². The summed E-state index contributed by atoms with van der Waals surface area (Å²) >= 11 is 0. The molecule has 0 bridgehead atoms. The molecule has 1 aromatic carbocycles. The standard InChI is InChI=1S/C28H33N3O3/c1-28(2,3)34-27(33)30-15-7-10-22(26(30)32)17-23-25-14-12-21-16-20(19-8-5-4-6-9-19)11-13-24(21)31(25)18-29-23/h8,11,13,16-18H,4-7,9-10,12,14-15H2,1-3H3. The number of carbonyl (C=O) groups is 2. The number of likely N-dealkylation sites (tertiary alicyclic amines) is 1. The molecule has 0 unspecified atom stereocenters. The van der Waals surface area contributed by atoms with Crippen LogP contribution in [0.3, 0.4) is 0 Å². The lowest BCUT2D eigenvalue weighted by molar-refractivity contribution is -0.127. The Hall–Kier alpha value is -3.15. The number of imidazole rings is 1. The van der Waals surface area contributed by atoms with E-state index in [0.717, 1.165) is 30.7 Å². The van der Waals surface area contributed by atoms with Gasteiger partial charge in [-0.05, 0) is 107 Å². The van der Waals surface area contributed by atoms with Crippen LogP contribution in [0, 0.1) is 0 Å². The first-order valence-electron chi connectivity index (χ1n) is 12.4. The van der Waals surface area contributed by atoms with Crippen LogP contribution in [-0.2, 0) is 22.4 Å². The average Bonchev–Trinajstić information content (AvgIpc) is 3.22. The van der Waals surface area contributed by atoms with Crippen molar-refractivity contribution in [1.29, 1.82) is 0 Å². The summed E-state index contributed by atoms with van der Waals surface area (Å²) in [5.41, 5.74) is 7.25. The third-order valence-electron chi connectivity index (χ3n) is 6.80. The van der Waals surface area contributed by atoms with E-state index in [0.29, 0.717) is 18.5 Å². The summed E-state index contributed by atoms with van der Waals surface area (Å²) in [6.45, 7) is 5.81. The van der Waals surface area contributed by atoms with Crippen LogP contribution >= 0.6 is 0 Å². The summed E-state index contributed by atoms with van der Waals surface area (Å²) in [6.07, 6.45) is 13.7. The number of imide groups is 1. The fourth-order valence-corrected chi connectivity index (χ4v) is 5.14. The first-order valence-corrected chi connectivity index (χ1v) is 12.4. The van der Waals surface area contributed by atoms with Crippen LogP contribution in [0.25, 0.3) is 17.3 Å². The van der Waals surface area contributed by atoms with Gasteiger partial charge < -0.3 is 9.30 Å². The molecular weight excluding hydrogens is 426 g/mol. The van der Waals surface area contributed by atoms with Gasteiger partial charge in [-0.15, -0.1) is 0 Å². The van der Waals surface area contributed by atoms with Gasteiger partial charge in [0.15, 0.2) is 0 Å². The van der Waals surface area contributed by atoms with Gasteiger partial charge in [0, 0.05) is 12.1 Å². The number of hydrogen-bond acceptors (Lipinski definition) is 4. The fraction of sp³-hybridized carbons (Fsp3) is 0.464. The van der Waals surface area contributed by atoms with Crippen LogP contribution < -0.4 is 0 Å². The van der Waals surface area contributed by atoms with E-state index in [2.05, 4.69) is 33.8 Å². The number of aromatic nitrogens is 2. The minimum Gasteiger partial charge on any atom is -0.443 e. The Morgan fingerprint density at radius 1 is 1.09 bits per heavy atom. The van der Waals surface area contributed by atoms with Gasteiger partial charge in [-0.25, -0.2) is 14.7 Å². The van der Waals surface area contributed by atoms with Crippen molar-refractivity contribution < 1.29 is 14.3 Å². The zero-order valence-corrected chi connectivity index (χ0v) is 20.4. The second kappa shape index (κ2) is 8.90. The molecule has 2 aliphatic heterocycles. The summed E-state index contributed by atoms with van der Waals surface area (Å²) in [6, 6.07) is 6.78. The van der Waals surface area contributed by atoms with E-state index in [9.17, 15) is 9.59 Å². The Morgan fingerprint density at radius 3 is 2.71 bits per heavy atom. The molecule has 0 atom stereocenters. The van der Waals surface area contributed by atoms with Gasteiger partial charge in [-0.3, -0.25) is 4.79 Å². The number of amides is 2. The molecule has 1 aliphatic carbocycles. The van der Waals surface area contributed by atoms with E-state index in [-0.39, 0.29) is 5.91 Å². The van der Waals surface area contributed by atoms with Crippen molar-refractivity contribution >= 4 is 23.6 Å². The predicted molar refractivity (Wildman–Crippen MR) is 133 cm³/mol. The monoisotopic (exact) mass is 459 g/mol. The van der Waals surface area contributed by atoms with Gasteiger partial charge in [0.2, 0.25) is 0 Å². The third-order valence-corrected chi connectivity index (χ3v) is 6.80. The molecule has 3 heterocycles. The highest BCUT2D eigenvalue weighted by Crippen LogP contribution is 2.33. The van der Waals surface area contributed by atoms with E-state index in [1.165, 1.54) is 53.0 Å². The molecule has 1 saturated heterocycles. The highest BCUT2D eigenvalue weighted by Gasteiger charge is 2.32. The zero-order chi connectivity index (χ0) is 23.9. The van der Waals surface area contributed by atoms with Crippen molar-refractivity contribution in [3.05, 3.63) is 58.7 Å². The number of fused-ring (bicyclic) bond motifs is 3. The van der Waals surface area contributed by atoms with E-state index in [1.54, 1.807) is 20.8 Å². The maximum atomic E-state index is 13.1. The number of hydrogen-bond donors (Lipinski definition) is 0. The van der Waals surface area contributed by atoms with Gasteiger partial charge in [0.1, 0.15) is 11.9 Å². The molecule has 0 radical (unpaired) electrons. The second-order valence-electron chi connectivity index (χ2n) is 10.5. The van der Waals surface area contributed by atoms with Crippen molar-refractivity contribution in [3.8, 4) is 5.69 Å². The number of benzene rings is 1. The van der Waals surface area contributed by atoms with Crippen molar-refractivity contribution in [2.75, 3.05) is 6.54 Å². The van der Waals surface area contributed by atoms with E-state index < -0.39 is 11.7 Å². The number of piperidine rings is 1. The van der Waals surface area contributed by atoms with Gasteiger partial charge in [0.25, 0.3) is 5.91 Å². The van der Waals surface area contributed by atoms with Crippen molar-refractivity contribution in [2.24, 2.45) is 0 Å². The summed E-state index contributed by atoms with van der Waals surface area (Å²) < 4.78 is 7.59. The van der Waals surface area contributed by atoms with Crippen LogP contribution in [0.2, 0.25) is 0 Å². The Kier molecular flexibility index (Phi) is 5.92. The first-order chi connectivity index (χ1) is 16.3. The molecule has 3 aliphatic rings. The van der Waals surface area contributed by atoms with Crippen LogP contribution in [0.4, 0.5) is 4.79 Å². The molecule has 0 spiro atoms. The lowest BCUT2D eigenvalue weighted by atomic mass is 9.90. The summed E-state index contributed by atoms with van der Waals surface area (Å²) in [5, 5.41) is 0. The number of nitrogens with zero attached hydrogens (tertiary/aromatic N) is 3. The van der Waals surface area contributed by atoms with Gasteiger partial charge >= 0.3 is 6.09 Å². The maximum Gasteiger partial charge on any atom is 0.417 e. The maximum absolute atomic E-state index is 13.1. The van der Waals surface area contributed by atoms with Crippen LogP contribution in [-0.4, -0.2) is 38.6 Å². The number of allylic oxidation sites excluding steroid dienone is 2. The normalized spacial score (nSPS) is 19.5. The molecule has 1 fully saturated rings. The molecule has 5 rings (SSSR count). The van der Waals surface area contributed by atoms with E-state index in [1.807, 2.05) is 12.4 Å². The van der Waals surface area contributed by atoms with Crippen molar-refractivity contribution in [2.45, 2.75) is 77.7 Å². The summed E-state index contributed by atoms with van der Waals surface area (Å²) in [5.74, 6) is -0.274. The summed E-state index contributed by atoms with van der Waals surface area (Å²) in [7, 11) is 0. The Bertz CT molecular complexity index is 1200. The van der Waals surface area contributed by atoms with Crippen molar-refractivity contribution in [3.63, 3.8) is 0 Å². The molecule has 1 aromatic heterocycles. The van der Waals surface area contributed by atoms with Crippen molar-refractivity contribution in [1.82, 2.24) is 14.5 Å². The quantitative estimate of drug-likeness (QED) is 0.527. The Balaban J connectivity index is 1.40. The SMILES string of the molecule is CC(C)(C)OC(=O)N1CCCC(=Cc2ncn3c2CCc2cc(C4=CCCCC4)ccc2-3)C1=O. The van der Waals surface area contributed by atoms with Gasteiger partial charge in [-0.2, -0.15) is 0 Å². The molecule has 34 heavy (non-hydrogen) atoms. The summed E-state index contributed by atoms with van der Waals surface area (Å²) in [4.78, 5) is 31.4. The number of rotatable bonds is 2. The molecular formula is C28H33N3O3. The van der Waals surface area contributed by atoms with E-state index >= 15 is 0 Å². The first kappa shape index (κ1) is 22.6.